The normalized spacial score (nSPS) is 10.8. The van der Waals surface area contributed by atoms with Gasteiger partial charge in [0.25, 0.3) is 5.91 Å². The second-order valence-corrected chi connectivity index (χ2v) is 6.22. The van der Waals surface area contributed by atoms with E-state index in [9.17, 15) is 4.79 Å². The summed E-state index contributed by atoms with van der Waals surface area (Å²) in [5.74, 6) is -0.00857. The van der Waals surface area contributed by atoms with Crippen LogP contribution < -0.4 is 11.1 Å². The number of amides is 1. The van der Waals surface area contributed by atoms with Gasteiger partial charge in [0.05, 0.1) is 5.56 Å². The van der Waals surface area contributed by atoms with Crippen molar-refractivity contribution in [2.75, 3.05) is 13.1 Å². The van der Waals surface area contributed by atoms with Crippen molar-refractivity contribution in [3.8, 4) is 5.69 Å². The van der Waals surface area contributed by atoms with Gasteiger partial charge in [0.2, 0.25) is 0 Å². The lowest BCUT2D eigenvalue weighted by Crippen LogP contribution is -2.25. The Bertz CT molecular complexity index is 681. The van der Waals surface area contributed by atoms with Crippen molar-refractivity contribution in [3.63, 3.8) is 0 Å². The molecule has 2 aromatic rings. The number of rotatable bonds is 6. The van der Waals surface area contributed by atoms with Crippen molar-refractivity contribution in [2.45, 2.75) is 40.5 Å². The monoisotopic (exact) mass is 313 g/mol. The van der Waals surface area contributed by atoms with Crippen LogP contribution in [0.15, 0.2) is 24.3 Å². The highest BCUT2D eigenvalue weighted by atomic mass is 16.1. The van der Waals surface area contributed by atoms with E-state index < -0.39 is 0 Å². The maximum Gasteiger partial charge on any atom is 0.253 e. The summed E-state index contributed by atoms with van der Waals surface area (Å²) < 4.78 is 2.15. The molecule has 0 aliphatic rings. The third-order valence-electron chi connectivity index (χ3n) is 4.06. The molecule has 0 bridgehead atoms. The van der Waals surface area contributed by atoms with Crippen LogP contribution in [-0.2, 0) is 0 Å². The van der Waals surface area contributed by atoms with Crippen LogP contribution >= 0.6 is 0 Å². The van der Waals surface area contributed by atoms with E-state index in [4.69, 9.17) is 5.73 Å². The molecule has 0 saturated heterocycles. The predicted octanol–water partition coefficient (Wildman–Crippen LogP) is 3.18. The van der Waals surface area contributed by atoms with Crippen LogP contribution in [-0.4, -0.2) is 23.6 Å². The van der Waals surface area contributed by atoms with E-state index in [1.54, 1.807) is 0 Å². The number of benzene rings is 1. The van der Waals surface area contributed by atoms with Crippen molar-refractivity contribution in [3.05, 3.63) is 52.3 Å². The summed E-state index contributed by atoms with van der Waals surface area (Å²) in [5, 5.41) is 2.98. The summed E-state index contributed by atoms with van der Waals surface area (Å²) in [6.45, 7) is 9.56. The summed E-state index contributed by atoms with van der Waals surface area (Å²) in [4.78, 5) is 12.4. The highest BCUT2D eigenvalue weighted by Gasteiger charge is 2.16. The molecule has 124 valence electrons. The fraction of sp³-hybridized carbons (Fsp3) is 0.421. The quantitative estimate of drug-likeness (QED) is 0.805. The van der Waals surface area contributed by atoms with E-state index in [0.717, 1.165) is 35.5 Å². The molecular formula is C19H27N3O. The van der Waals surface area contributed by atoms with E-state index in [0.29, 0.717) is 13.1 Å². The third kappa shape index (κ3) is 4.02. The average Bonchev–Trinajstić information content (AvgIpc) is 2.77. The maximum atomic E-state index is 12.4. The van der Waals surface area contributed by atoms with Crippen molar-refractivity contribution < 1.29 is 4.79 Å². The van der Waals surface area contributed by atoms with Gasteiger partial charge >= 0.3 is 0 Å². The van der Waals surface area contributed by atoms with Crippen molar-refractivity contribution in [1.29, 1.82) is 0 Å². The molecule has 0 saturated carbocycles. The number of aryl methyl sites for hydroxylation is 3. The fourth-order valence-corrected chi connectivity index (χ4v) is 3.04. The first-order valence-corrected chi connectivity index (χ1v) is 8.20. The molecule has 1 heterocycles. The molecule has 0 radical (unpaired) electrons. The highest BCUT2D eigenvalue weighted by molar-refractivity contribution is 5.95. The second kappa shape index (κ2) is 7.47. The zero-order valence-corrected chi connectivity index (χ0v) is 14.6. The lowest BCUT2D eigenvalue weighted by Gasteiger charge is -2.12. The number of hydrogen-bond donors (Lipinski definition) is 2. The summed E-state index contributed by atoms with van der Waals surface area (Å²) in [6, 6.07) is 8.42. The van der Waals surface area contributed by atoms with Crippen LogP contribution in [0.4, 0.5) is 0 Å². The molecule has 4 nitrogen and oxygen atoms in total. The first-order chi connectivity index (χ1) is 10.9. The van der Waals surface area contributed by atoms with E-state index in [2.05, 4.69) is 41.9 Å². The minimum atomic E-state index is -0.00857. The van der Waals surface area contributed by atoms with E-state index in [1.807, 2.05) is 19.9 Å². The number of aromatic nitrogens is 1. The van der Waals surface area contributed by atoms with Crippen molar-refractivity contribution in [1.82, 2.24) is 9.88 Å². The first kappa shape index (κ1) is 17.3. The lowest BCUT2D eigenvalue weighted by molar-refractivity contribution is 0.0952. The van der Waals surface area contributed by atoms with Gasteiger partial charge in [0.1, 0.15) is 0 Å². The Balaban J connectivity index is 2.27. The molecule has 0 aliphatic heterocycles. The number of carbonyl (C=O) groups excluding carboxylic acids is 1. The Kier molecular flexibility index (Phi) is 5.61. The fourth-order valence-electron chi connectivity index (χ4n) is 3.04. The van der Waals surface area contributed by atoms with Crippen molar-refractivity contribution in [2.24, 2.45) is 5.73 Å². The molecule has 0 fully saturated rings. The third-order valence-corrected chi connectivity index (χ3v) is 4.06. The number of hydrogen-bond acceptors (Lipinski definition) is 2. The van der Waals surface area contributed by atoms with Gasteiger partial charge in [0, 0.05) is 23.6 Å². The lowest BCUT2D eigenvalue weighted by atomic mass is 10.1. The molecule has 23 heavy (non-hydrogen) atoms. The Morgan fingerprint density at radius 1 is 1.04 bits per heavy atom. The molecule has 3 N–H and O–H groups in total. The molecule has 0 unspecified atom stereocenters. The maximum absolute atomic E-state index is 12.4. The van der Waals surface area contributed by atoms with Crippen LogP contribution in [0.3, 0.4) is 0 Å². The molecule has 0 spiro atoms. The number of nitrogens with one attached hydrogen (secondary N) is 1. The number of carbonyl (C=O) groups is 1. The van der Waals surface area contributed by atoms with Crippen LogP contribution in [0, 0.1) is 27.7 Å². The molecule has 2 rings (SSSR count). The van der Waals surface area contributed by atoms with Crippen LogP contribution in [0.25, 0.3) is 5.69 Å². The molecule has 1 aromatic heterocycles. The van der Waals surface area contributed by atoms with Gasteiger partial charge in [-0.05, 0) is 76.4 Å². The SMILES string of the molecule is Cc1cc(C)cc(-n2c(C)cc(C(=O)NCCCCN)c2C)c1. The number of unbranched alkanes of at least 4 members (excludes halogenated alkanes) is 1. The smallest absolute Gasteiger partial charge is 0.253 e. The van der Waals surface area contributed by atoms with E-state index in [-0.39, 0.29) is 5.91 Å². The topological polar surface area (TPSA) is 60.0 Å². The van der Waals surface area contributed by atoms with E-state index in [1.165, 1.54) is 11.1 Å². The molecule has 0 aliphatic carbocycles. The van der Waals surface area contributed by atoms with Gasteiger partial charge in [-0.1, -0.05) is 6.07 Å². The zero-order valence-electron chi connectivity index (χ0n) is 14.6. The minimum absolute atomic E-state index is 0.00857. The molecule has 1 aromatic carbocycles. The average molecular weight is 313 g/mol. The first-order valence-electron chi connectivity index (χ1n) is 8.20. The van der Waals surface area contributed by atoms with E-state index >= 15 is 0 Å². The van der Waals surface area contributed by atoms with Gasteiger partial charge in [0.15, 0.2) is 0 Å². The largest absolute Gasteiger partial charge is 0.352 e. The molecule has 1 amide bonds. The molecule has 4 heteroatoms. The molecule has 0 atom stereocenters. The molecular weight excluding hydrogens is 286 g/mol. The van der Waals surface area contributed by atoms with Crippen LogP contribution in [0.5, 0.6) is 0 Å². The Morgan fingerprint density at radius 2 is 1.70 bits per heavy atom. The zero-order chi connectivity index (χ0) is 17.0. The minimum Gasteiger partial charge on any atom is -0.352 e. The van der Waals surface area contributed by atoms with Gasteiger partial charge in [-0.2, -0.15) is 0 Å². The second-order valence-electron chi connectivity index (χ2n) is 6.22. The summed E-state index contributed by atoms with van der Waals surface area (Å²) >= 11 is 0. The van der Waals surface area contributed by atoms with Crippen LogP contribution in [0.2, 0.25) is 0 Å². The van der Waals surface area contributed by atoms with Gasteiger partial charge in [-0.25, -0.2) is 0 Å². The Labute approximate surface area is 138 Å². The Hall–Kier alpha value is -2.07. The van der Waals surface area contributed by atoms with Gasteiger partial charge in [-0.3, -0.25) is 4.79 Å². The highest BCUT2D eigenvalue weighted by Crippen LogP contribution is 2.22. The Morgan fingerprint density at radius 3 is 2.30 bits per heavy atom. The standard InChI is InChI=1S/C19H27N3O/c1-13-9-14(2)11-17(10-13)22-15(3)12-18(16(22)4)19(23)21-8-6-5-7-20/h9-12H,5-8,20H2,1-4H3,(H,21,23). The summed E-state index contributed by atoms with van der Waals surface area (Å²) in [5.41, 5.74) is 11.8. The number of nitrogens with zero attached hydrogens (tertiary/aromatic N) is 1. The van der Waals surface area contributed by atoms with Crippen molar-refractivity contribution >= 4 is 5.91 Å². The number of nitrogens with two attached hydrogens (primary N) is 1. The van der Waals surface area contributed by atoms with Gasteiger partial charge in [-0.15, -0.1) is 0 Å². The summed E-state index contributed by atoms with van der Waals surface area (Å²) in [7, 11) is 0. The van der Waals surface area contributed by atoms with Crippen LogP contribution in [0.1, 0.15) is 45.7 Å². The predicted molar refractivity (Wildman–Crippen MR) is 95.3 cm³/mol. The van der Waals surface area contributed by atoms with Gasteiger partial charge < -0.3 is 15.6 Å². The summed E-state index contributed by atoms with van der Waals surface area (Å²) in [6.07, 6.45) is 1.85.